The van der Waals surface area contributed by atoms with E-state index in [4.69, 9.17) is 10.2 Å². The molecule has 9 nitrogen and oxygen atoms in total. The number of carboxylic acid groups (broad SMARTS) is 2. The average Bonchev–Trinajstić information content (AvgIpc) is 2.60. The molecule has 0 bridgehead atoms. The summed E-state index contributed by atoms with van der Waals surface area (Å²) in [5, 5.41) is 20.5. The number of rotatable bonds is 4. The van der Waals surface area contributed by atoms with Crippen molar-refractivity contribution in [2.75, 3.05) is 0 Å². The molecule has 0 aliphatic carbocycles. The summed E-state index contributed by atoms with van der Waals surface area (Å²) in [6.45, 7) is 0. The number of ketones is 1. The van der Waals surface area contributed by atoms with Gasteiger partial charge in [0.1, 0.15) is 0 Å². The normalized spacial score (nSPS) is 9.85. The number of imide groups is 2. The van der Waals surface area contributed by atoms with E-state index in [9.17, 15) is 24.0 Å². The van der Waals surface area contributed by atoms with E-state index >= 15 is 0 Å². The smallest absolute Gasteiger partial charge is 0.411 e. The van der Waals surface area contributed by atoms with Crippen molar-refractivity contribution in [2.24, 2.45) is 0 Å². The molecular formula is C17H12N2O7. The van der Waals surface area contributed by atoms with Gasteiger partial charge in [0, 0.05) is 11.1 Å². The first-order valence-corrected chi connectivity index (χ1v) is 7.12. The van der Waals surface area contributed by atoms with Crippen LogP contribution in [0.2, 0.25) is 0 Å². The van der Waals surface area contributed by atoms with Crippen molar-refractivity contribution in [3.8, 4) is 0 Å². The van der Waals surface area contributed by atoms with Crippen molar-refractivity contribution in [3.63, 3.8) is 0 Å². The molecule has 0 saturated heterocycles. The Morgan fingerprint density at radius 3 is 1.77 bits per heavy atom. The maximum absolute atomic E-state index is 12.7. The summed E-state index contributed by atoms with van der Waals surface area (Å²) in [6.07, 6.45) is -3.36. The van der Waals surface area contributed by atoms with Crippen molar-refractivity contribution in [3.05, 3.63) is 70.8 Å². The summed E-state index contributed by atoms with van der Waals surface area (Å²) in [4.78, 5) is 58.4. The summed E-state index contributed by atoms with van der Waals surface area (Å²) in [6, 6.07) is 11.4. The summed E-state index contributed by atoms with van der Waals surface area (Å²) in [5.41, 5.74) is -1.03. The predicted molar refractivity (Wildman–Crippen MR) is 87.3 cm³/mol. The lowest BCUT2D eigenvalue weighted by atomic mass is 9.93. The van der Waals surface area contributed by atoms with Crippen LogP contribution in [0.25, 0.3) is 0 Å². The molecule has 2 aromatic carbocycles. The lowest BCUT2D eigenvalue weighted by Crippen LogP contribution is -2.35. The highest BCUT2D eigenvalue weighted by Gasteiger charge is 2.26. The number of carbonyl (C=O) groups is 5. The third-order valence-electron chi connectivity index (χ3n) is 3.26. The van der Waals surface area contributed by atoms with Gasteiger partial charge in [0.25, 0.3) is 11.8 Å². The zero-order chi connectivity index (χ0) is 19.3. The molecule has 0 unspecified atom stereocenters. The summed E-state index contributed by atoms with van der Waals surface area (Å²) in [5.74, 6) is -3.03. The molecule has 4 N–H and O–H groups in total. The molecule has 0 fully saturated rings. The fraction of sp³-hybridized carbons (Fsp3) is 0. The van der Waals surface area contributed by atoms with Gasteiger partial charge >= 0.3 is 12.2 Å². The standard InChI is InChI=1S/C17H12N2O7/c20-13(9-5-2-1-3-6-9)10-7-4-8-11(14(21)18-16(23)24)12(10)15(22)19-17(25)26/h1-8H,(H,18,21)(H,19,22)(H,23,24)(H,25,26). The van der Waals surface area contributed by atoms with Crippen LogP contribution in [0.4, 0.5) is 9.59 Å². The maximum atomic E-state index is 12.7. The molecule has 4 amide bonds. The first-order valence-electron chi connectivity index (χ1n) is 7.12. The molecule has 26 heavy (non-hydrogen) atoms. The van der Waals surface area contributed by atoms with E-state index < -0.39 is 40.9 Å². The van der Waals surface area contributed by atoms with E-state index in [2.05, 4.69) is 0 Å². The SMILES string of the molecule is O=C(O)NC(=O)c1cccc(C(=O)c2ccccc2)c1C(=O)NC(=O)O. The Bertz CT molecular complexity index is 907. The summed E-state index contributed by atoms with van der Waals surface area (Å²) in [7, 11) is 0. The number of nitrogens with one attached hydrogen (secondary N) is 2. The molecule has 0 atom stereocenters. The molecule has 0 heterocycles. The van der Waals surface area contributed by atoms with Gasteiger partial charge < -0.3 is 10.2 Å². The van der Waals surface area contributed by atoms with Crippen molar-refractivity contribution in [1.82, 2.24) is 10.6 Å². The van der Waals surface area contributed by atoms with Gasteiger partial charge in [-0.2, -0.15) is 0 Å². The largest absolute Gasteiger partial charge is 0.465 e. The monoisotopic (exact) mass is 356 g/mol. The van der Waals surface area contributed by atoms with Crippen LogP contribution in [-0.4, -0.2) is 40.0 Å². The molecule has 0 saturated carbocycles. The third-order valence-corrected chi connectivity index (χ3v) is 3.26. The van der Waals surface area contributed by atoms with Crippen LogP contribution < -0.4 is 10.6 Å². The fourth-order valence-corrected chi connectivity index (χ4v) is 2.24. The van der Waals surface area contributed by atoms with Crippen molar-refractivity contribution in [1.29, 1.82) is 0 Å². The van der Waals surface area contributed by atoms with E-state index in [-0.39, 0.29) is 11.1 Å². The van der Waals surface area contributed by atoms with Crippen LogP contribution in [0.1, 0.15) is 36.6 Å². The van der Waals surface area contributed by atoms with E-state index in [0.29, 0.717) is 0 Å². The van der Waals surface area contributed by atoms with E-state index in [1.807, 2.05) is 0 Å². The Morgan fingerprint density at radius 1 is 0.654 bits per heavy atom. The van der Waals surface area contributed by atoms with E-state index in [1.54, 1.807) is 28.8 Å². The third kappa shape index (κ3) is 4.09. The van der Waals surface area contributed by atoms with Crippen molar-refractivity contribution < 1.29 is 34.2 Å². The van der Waals surface area contributed by atoms with Gasteiger partial charge in [0.2, 0.25) is 0 Å². The molecule has 9 heteroatoms. The number of benzene rings is 2. The fourth-order valence-electron chi connectivity index (χ4n) is 2.24. The van der Waals surface area contributed by atoms with Crippen molar-refractivity contribution in [2.45, 2.75) is 0 Å². The molecule has 2 aromatic rings. The predicted octanol–water partition coefficient (Wildman–Crippen LogP) is 1.73. The summed E-state index contributed by atoms with van der Waals surface area (Å²) < 4.78 is 0. The minimum atomic E-state index is -1.69. The molecule has 0 spiro atoms. The van der Waals surface area contributed by atoms with Crippen LogP contribution in [-0.2, 0) is 0 Å². The van der Waals surface area contributed by atoms with E-state index in [0.717, 1.165) is 6.07 Å². The Hall–Kier alpha value is -4.01. The van der Waals surface area contributed by atoms with Crippen LogP contribution in [0.5, 0.6) is 0 Å². The Labute approximate surface area is 146 Å². The van der Waals surface area contributed by atoms with Gasteiger partial charge in [-0.25, -0.2) is 9.59 Å². The minimum absolute atomic E-state index is 0.202. The molecule has 0 aliphatic rings. The maximum Gasteiger partial charge on any atom is 0.411 e. The highest BCUT2D eigenvalue weighted by atomic mass is 16.4. The Morgan fingerprint density at radius 2 is 1.19 bits per heavy atom. The van der Waals surface area contributed by atoms with Gasteiger partial charge in [-0.3, -0.25) is 25.0 Å². The van der Waals surface area contributed by atoms with Crippen LogP contribution >= 0.6 is 0 Å². The van der Waals surface area contributed by atoms with Crippen LogP contribution in [0.3, 0.4) is 0 Å². The molecule has 132 valence electrons. The highest BCUT2D eigenvalue weighted by molar-refractivity contribution is 6.21. The molecule has 0 aromatic heterocycles. The number of amides is 4. The zero-order valence-corrected chi connectivity index (χ0v) is 13.1. The highest BCUT2D eigenvalue weighted by Crippen LogP contribution is 2.19. The second-order valence-electron chi connectivity index (χ2n) is 4.94. The van der Waals surface area contributed by atoms with Crippen LogP contribution in [0, 0.1) is 0 Å². The van der Waals surface area contributed by atoms with Crippen LogP contribution in [0.15, 0.2) is 48.5 Å². The first kappa shape index (κ1) is 18.3. The van der Waals surface area contributed by atoms with Gasteiger partial charge in [-0.1, -0.05) is 42.5 Å². The Balaban J connectivity index is 2.62. The zero-order valence-electron chi connectivity index (χ0n) is 13.1. The van der Waals surface area contributed by atoms with Gasteiger partial charge in [-0.05, 0) is 6.07 Å². The second-order valence-corrected chi connectivity index (χ2v) is 4.94. The van der Waals surface area contributed by atoms with Gasteiger partial charge in [0.05, 0.1) is 11.1 Å². The second kappa shape index (κ2) is 7.71. The molecule has 0 aliphatic heterocycles. The molecule has 0 radical (unpaired) electrons. The quantitative estimate of drug-likeness (QED) is 0.609. The number of hydrogen-bond acceptors (Lipinski definition) is 5. The lowest BCUT2D eigenvalue weighted by molar-refractivity contribution is 0.0906. The topological polar surface area (TPSA) is 150 Å². The number of hydrogen-bond donors (Lipinski definition) is 4. The van der Waals surface area contributed by atoms with Gasteiger partial charge in [0.15, 0.2) is 5.78 Å². The van der Waals surface area contributed by atoms with E-state index in [1.165, 1.54) is 24.3 Å². The molecular weight excluding hydrogens is 344 g/mol. The average molecular weight is 356 g/mol. The van der Waals surface area contributed by atoms with Gasteiger partial charge in [-0.15, -0.1) is 0 Å². The lowest BCUT2D eigenvalue weighted by Gasteiger charge is -2.12. The molecule has 2 rings (SSSR count). The van der Waals surface area contributed by atoms with Crippen molar-refractivity contribution >= 4 is 29.8 Å². The first-order chi connectivity index (χ1) is 12.3. The minimum Gasteiger partial charge on any atom is -0.465 e. The Kier molecular flexibility index (Phi) is 5.43. The summed E-state index contributed by atoms with van der Waals surface area (Å²) >= 11 is 0. The number of carbonyl (C=O) groups excluding carboxylic acids is 3.